The van der Waals surface area contributed by atoms with E-state index in [-0.39, 0.29) is 18.4 Å². The molecule has 3 N–H and O–H groups in total. The first kappa shape index (κ1) is 15.5. The molecule has 21 heavy (non-hydrogen) atoms. The SMILES string of the molecule is CC(NC(=O)c1ccccc1)C(=O)NCC1(O)CCCC1. The Morgan fingerprint density at radius 3 is 2.48 bits per heavy atom. The number of amides is 2. The molecule has 0 spiro atoms. The van der Waals surface area contributed by atoms with Gasteiger partial charge in [-0.1, -0.05) is 31.0 Å². The highest BCUT2D eigenvalue weighted by Gasteiger charge is 2.31. The fourth-order valence-corrected chi connectivity index (χ4v) is 2.55. The Labute approximate surface area is 124 Å². The Morgan fingerprint density at radius 1 is 1.24 bits per heavy atom. The Kier molecular flexibility index (Phi) is 4.96. The Morgan fingerprint density at radius 2 is 1.86 bits per heavy atom. The molecular weight excluding hydrogens is 268 g/mol. The molecule has 5 heteroatoms. The zero-order valence-corrected chi connectivity index (χ0v) is 12.3. The maximum atomic E-state index is 12.0. The largest absolute Gasteiger partial charge is 0.388 e. The molecule has 1 aliphatic carbocycles. The van der Waals surface area contributed by atoms with E-state index in [1.807, 2.05) is 6.07 Å². The van der Waals surface area contributed by atoms with Gasteiger partial charge in [0.2, 0.25) is 5.91 Å². The summed E-state index contributed by atoms with van der Waals surface area (Å²) in [6, 6.07) is 8.13. The number of hydrogen-bond donors (Lipinski definition) is 3. The van der Waals surface area contributed by atoms with E-state index in [2.05, 4.69) is 10.6 Å². The Bertz CT molecular complexity index is 496. The quantitative estimate of drug-likeness (QED) is 0.763. The molecule has 1 fully saturated rings. The van der Waals surface area contributed by atoms with E-state index in [1.165, 1.54) is 0 Å². The van der Waals surface area contributed by atoms with Crippen molar-refractivity contribution in [3.63, 3.8) is 0 Å². The molecule has 2 amide bonds. The van der Waals surface area contributed by atoms with Crippen LogP contribution < -0.4 is 10.6 Å². The van der Waals surface area contributed by atoms with Crippen molar-refractivity contribution < 1.29 is 14.7 Å². The van der Waals surface area contributed by atoms with Crippen molar-refractivity contribution in [2.24, 2.45) is 0 Å². The lowest BCUT2D eigenvalue weighted by molar-refractivity contribution is -0.123. The van der Waals surface area contributed by atoms with E-state index in [9.17, 15) is 14.7 Å². The summed E-state index contributed by atoms with van der Waals surface area (Å²) in [7, 11) is 0. The summed E-state index contributed by atoms with van der Waals surface area (Å²) in [5, 5.41) is 15.5. The molecule has 0 aliphatic heterocycles. The van der Waals surface area contributed by atoms with Crippen LogP contribution in [0.1, 0.15) is 43.0 Å². The van der Waals surface area contributed by atoms with E-state index >= 15 is 0 Å². The lowest BCUT2D eigenvalue weighted by Crippen LogP contribution is -2.49. The molecule has 5 nitrogen and oxygen atoms in total. The van der Waals surface area contributed by atoms with E-state index in [4.69, 9.17) is 0 Å². The molecule has 1 aromatic rings. The molecule has 0 aromatic heterocycles. The standard InChI is InChI=1S/C16H22N2O3/c1-12(18-15(20)13-7-3-2-4-8-13)14(19)17-11-16(21)9-5-6-10-16/h2-4,7-8,12,21H,5-6,9-11H2,1H3,(H,17,19)(H,18,20). The van der Waals surface area contributed by atoms with Gasteiger partial charge in [0.15, 0.2) is 0 Å². The lowest BCUT2D eigenvalue weighted by Gasteiger charge is -2.23. The predicted octanol–water partition coefficient (Wildman–Crippen LogP) is 1.23. The van der Waals surface area contributed by atoms with Gasteiger partial charge in [-0.2, -0.15) is 0 Å². The van der Waals surface area contributed by atoms with Crippen LogP contribution in [0, 0.1) is 0 Å². The van der Waals surface area contributed by atoms with Crippen LogP contribution in [0.15, 0.2) is 30.3 Å². The number of aliphatic hydroxyl groups is 1. The van der Waals surface area contributed by atoms with Gasteiger partial charge in [0, 0.05) is 12.1 Å². The lowest BCUT2D eigenvalue weighted by atomic mass is 10.0. The number of hydrogen-bond acceptors (Lipinski definition) is 3. The zero-order valence-electron chi connectivity index (χ0n) is 12.3. The van der Waals surface area contributed by atoms with Crippen molar-refractivity contribution in [1.29, 1.82) is 0 Å². The molecule has 1 saturated carbocycles. The number of rotatable bonds is 5. The van der Waals surface area contributed by atoms with Crippen LogP contribution in [-0.2, 0) is 4.79 Å². The average molecular weight is 290 g/mol. The third-order valence-electron chi connectivity index (χ3n) is 3.90. The second-order valence-electron chi connectivity index (χ2n) is 5.71. The van der Waals surface area contributed by atoms with Crippen LogP contribution in [0.2, 0.25) is 0 Å². The zero-order chi connectivity index (χ0) is 15.3. The average Bonchev–Trinajstić information content (AvgIpc) is 2.93. The highest BCUT2D eigenvalue weighted by Crippen LogP contribution is 2.28. The predicted molar refractivity (Wildman–Crippen MR) is 79.8 cm³/mol. The Balaban J connectivity index is 1.81. The molecular formula is C16H22N2O3. The van der Waals surface area contributed by atoms with Gasteiger partial charge in [-0.05, 0) is 31.9 Å². The van der Waals surface area contributed by atoms with Crippen molar-refractivity contribution in [3.05, 3.63) is 35.9 Å². The van der Waals surface area contributed by atoms with Gasteiger partial charge in [0.1, 0.15) is 6.04 Å². The highest BCUT2D eigenvalue weighted by atomic mass is 16.3. The fourth-order valence-electron chi connectivity index (χ4n) is 2.55. The van der Waals surface area contributed by atoms with Crippen molar-refractivity contribution in [3.8, 4) is 0 Å². The third-order valence-corrected chi connectivity index (χ3v) is 3.90. The minimum Gasteiger partial charge on any atom is -0.388 e. The van der Waals surface area contributed by atoms with Crippen molar-refractivity contribution in [2.75, 3.05) is 6.54 Å². The number of nitrogens with one attached hydrogen (secondary N) is 2. The minimum atomic E-state index is -0.779. The number of carbonyl (C=O) groups is 2. The summed E-state index contributed by atoms with van der Waals surface area (Å²) in [5.74, 6) is -0.558. The number of benzene rings is 1. The van der Waals surface area contributed by atoms with Gasteiger partial charge >= 0.3 is 0 Å². The second-order valence-corrected chi connectivity index (χ2v) is 5.71. The molecule has 0 saturated heterocycles. The van der Waals surface area contributed by atoms with Crippen LogP contribution in [0.25, 0.3) is 0 Å². The molecule has 1 aromatic carbocycles. The maximum absolute atomic E-state index is 12.0. The van der Waals surface area contributed by atoms with Crippen molar-refractivity contribution >= 4 is 11.8 Å². The summed E-state index contributed by atoms with van der Waals surface area (Å²) in [5.41, 5.74) is -0.259. The summed E-state index contributed by atoms with van der Waals surface area (Å²) in [6.07, 6.45) is 3.43. The van der Waals surface area contributed by atoms with E-state index < -0.39 is 11.6 Å². The van der Waals surface area contributed by atoms with Crippen LogP contribution in [-0.4, -0.2) is 35.1 Å². The summed E-state index contributed by atoms with van der Waals surface area (Å²) in [6.45, 7) is 1.88. The molecule has 0 bridgehead atoms. The van der Waals surface area contributed by atoms with Crippen molar-refractivity contribution in [2.45, 2.75) is 44.2 Å². The maximum Gasteiger partial charge on any atom is 0.251 e. The third kappa shape index (κ3) is 4.29. The van der Waals surface area contributed by atoms with Gasteiger partial charge < -0.3 is 15.7 Å². The summed E-state index contributed by atoms with van der Waals surface area (Å²) in [4.78, 5) is 23.9. The van der Waals surface area contributed by atoms with Crippen molar-refractivity contribution in [1.82, 2.24) is 10.6 Å². The van der Waals surface area contributed by atoms with Crippen LogP contribution in [0.3, 0.4) is 0 Å². The van der Waals surface area contributed by atoms with E-state index in [1.54, 1.807) is 31.2 Å². The first-order chi connectivity index (χ1) is 10.0. The topological polar surface area (TPSA) is 78.4 Å². The van der Waals surface area contributed by atoms with E-state index in [0.717, 1.165) is 25.7 Å². The molecule has 0 heterocycles. The number of carbonyl (C=O) groups excluding carboxylic acids is 2. The molecule has 1 unspecified atom stereocenters. The fraction of sp³-hybridized carbons (Fsp3) is 0.500. The van der Waals surface area contributed by atoms with Gasteiger partial charge in [0.05, 0.1) is 5.60 Å². The van der Waals surface area contributed by atoms with Crippen LogP contribution >= 0.6 is 0 Å². The van der Waals surface area contributed by atoms with E-state index in [0.29, 0.717) is 5.56 Å². The normalized spacial score (nSPS) is 18.0. The van der Waals surface area contributed by atoms with Gasteiger partial charge in [-0.25, -0.2) is 0 Å². The molecule has 1 aliphatic rings. The monoisotopic (exact) mass is 290 g/mol. The molecule has 114 valence electrons. The smallest absolute Gasteiger partial charge is 0.251 e. The Hall–Kier alpha value is -1.88. The van der Waals surface area contributed by atoms with Gasteiger partial charge in [-0.15, -0.1) is 0 Å². The highest BCUT2D eigenvalue weighted by molar-refractivity contribution is 5.97. The first-order valence-electron chi connectivity index (χ1n) is 7.36. The second kappa shape index (κ2) is 6.72. The summed E-state index contributed by atoms with van der Waals surface area (Å²) >= 11 is 0. The van der Waals surface area contributed by atoms with Crippen LogP contribution in [0.4, 0.5) is 0 Å². The first-order valence-corrected chi connectivity index (χ1v) is 7.36. The van der Waals surface area contributed by atoms with Gasteiger partial charge in [0.25, 0.3) is 5.91 Å². The molecule has 0 radical (unpaired) electrons. The molecule has 2 rings (SSSR count). The minimum absolute atomic E-state index is 0.247. The summed E-state index contributed by atoms with van der Waals surface area (Å²) < 4.78 is 0. The molecule has 1 atom stereocenters. The van der Waals surface area contributed by atoms with Crippen LogP contribution in [0.5, 0.6) is 0 Å². The van der Waals surface area contributed by atoms with Gasteiger partial charge in [-0.3, -0.25) is 9.59 Å².